The van der Waals surface area contributed by atoms with Crippen LogP contribution in [0.4, 0.5) is 0 Å². The van der Waals surface area contributed by atoms with Gasteiger partial charge in [0.15, 0.2) is 0 Å². The number of Topliss-reactive ketones (excluding diaryl/α,β-unsaturated/α-hetero) is 1. The molecular weight excluding hydrogens is 166 g/mol. The molecule has 0 aromatic rings. The van der Waals surface area contributed by atoms with Crippen molar-refractivity contribution in [3.63, 3.8) is 0 Å². The lowest BCUT2D eigenvalue weighted by Crippen LogP contribution is -2.38. The smallest absolute Gasteiger partial charge is 0.230 e. The molecule has 0 heterocycles. The predicted molar refractivity (Wildman–Crippen MR) is 52.4 cm³/mol. The van der Waals surface area contributed by atoms with E-state index in [4.69, 9.17) is 0 Å². The van der Waals surface area contributed by atoms with Crippen LogP contribution in [-0.2, 0) is 9.59 Å². The summed E-state index contributed by atoms with van der Waals surface area (Å²) in [5, 5.41) is 0. The van der Waals surface area contributed by atoms with Crippen molar-refractivity contribution in [2.45, 2.75) is 46.6 Å². The van der Waals surface area contributed by atoms with Crippen LogP contribution in [0.5, 0.6) is 0 Å². The molecule has 3 heteroatoms. The van der Waals surface area contributed by atoms with Crippen molar-refractivity contribution >= 4 is 11.7 Å². The van der Waals surface area contributed by atoms with Gasteiger partial charge in [0.2, 0.25) is 5.91 Å². The largest absolute Gasteiger partial charge is 0.340 e. The van der Waals surface area contributed by atoms with Crippen LogP contribution in [0.25, 0.3) is 0 Å². The molecule has 0 aromatic carbocycles. The molecule has 0 aliphatic carbocycles. The molecule has 13 heavy (non-hydrogen) atoms. The molecule has 0 aromatic heterocycles. The highest BCUT2D eigenvalue weighted by Gasteiger charge is 2.16. The van der Waals surface area contributed by atoms with Gasteiger partial charge in [-0.3, -0.25) is 9.59 Å². The number of hydrogen-bond acceptors (Lipinski definition) is 2. The summed E-state index contributed by atoms with van der Waals surface area (Å²) in [6.45, 7) is 8.14. The zero-order chi connectivity index (χ0) is 10.4. The number of nitrogens with zero attached hydrogens (tertiary/aromatic N) is 1. The predicted octanol–water partition coefficient (Wildman–Crippen LogP) is 1.61. The van der Waals surface area contributed by atoms with E-state index in [1.165, 1.54) is 6.92 Å². The van der Waals surface area contributed by atoms with Crippen LogP contribution in [0.15, 0.2) is 0 Å². The molecule has 0 radical (unpaired) electrons. The standard InChI is InChI=1S/C10H19NO2/c1-5-6-11(8(2)3)10(13)7-9(4)12/h8H,5-7H2,1-4H3. The maximum absolute atomic E-state index is 11.5. The molecule has 0 atom stereocenters. The minimum absolute atomic E-state index is 0.0399. The van der Waals surface area contributed by atoms with Crippen LogP contribution in [0.1, 0.15) is 40.5 Å². The zero-order valence-corrected chi connectivity index (χ0v) is 8.96. The molecule has 3 nitrogen and oxygen atoms in total. The molecule has 0 N–H and O–H groups in total. The van der Waals surface area contributed by atoms with E-state index in [9.17, 15) is 9.59 Å². The van der Waals surface area contributed by atoms with E-state index in [2.05, 4.69) is 0 Å². The molecule has 0 aliphatic rings. The first kappa shape index (κ1) is 12.1. The summed E-state index contributed by atoms with van der Waals surface area (Å²) in [6.07, 6.45) is 0.972. The second-order valence-corrected chi connectivity index (χ2v) is 3.56. The van der Waals surface area contributed by atoms with Gasteiger partial charge in [0.05, 0.1) is 6.42 Å². The van der Waals surface area contributed by atoms with E-state index in [0.29, 0.717) is 0 Å². The summed E-state index contributed by atoms with van der Waals surface area (Å²) in [5.41, 5.74) is 0. The summed E-state index contributed by atoms with van der Waals surface area (Å²) in [5.74, 6) is -0.115. The fraction of sp³-hybridized carbons (Fsp3) is 0.800. The van der Waals surface area contributed by atoms with Gasteiger partial charge in [-0.15, -0.1) is 0 Å². The molecule has 0 aliphatic heterocycles. The van der Waals surface area contributed by atoms with Gasteiger partial charge in [0.25, 0.3) is 0 Å². The first-order valence-corrected chi connectivity index (χ1v) is 4.78. The third-order valence-corrected chi connectivity index (χ3v) is 1.81. The number of carbonyl (C=O) groups is 2. The Bertz CT molecular complexity index is 187. The monoisotopic (exact) mass is 185 g/mol. The average Bonchev–Trinajstić information content (AvgIpc) is 1.97. The minimum Gasteiger partial charge on any atom is -0.340 e. The highest BCUT2D eigenvalue weighted by Crippen LogP contribution is 2.03. The van der Waals surface area contributed by atoms with Crippen molar-refractivity contribution in [2.75, 3.05) is 6.54 Å². The Morgan fingerprint density at radius 2 is 1.85 bits per heavy atom. The van der Waals surface area contributed by atoms with Crippen molar-refractivity contribution in [2.24, 2.45) is 0 Å². The number of amides is 1. The molecule has 76 valence electrons. The van der Waals surface area contributed by atoms with Crippen molar-refractivity contribution in [1.82, 2.24) is 4.90 Å². The summed E-state index contributed by atoms with van der Waals surface area (Å²) in [7, 11) is 0. The Labute approximate surface area is 80.1 Å². The minimum atomic E-state index is -0.0632. The molecule has 1 amide bonds. The highest BCUT2D eigenvalue weighted by atomic mass is 16.2. The lowest BCUT2D eigenvalue weighted by Gasteiger charge is -2.25. The first-order valence-electron chi connectivity index (χ1n) is 4.78. The van der Waals surface area contributed by atoms with Gasteiger partial charge in [0.1, 0.15) is 5.78 Å². The fourth-order valence-electron chi connectivity index (χ4n) is 1.23. The second kappa shape index (κ2) is 5.73. The maximum Gasteiger partial charge on any atom is 0.230 e. The summed E-state index contributed by atoms with van der Waals surface area (Å²) in [6, 6.07) is 0.187. The molecular formula is C10H19NO2. The van der Waals surface area contributed by atoms with Crippen LogP contribution >= 0.6 is 0 Å². The SMILES string of the molecule is CCCN(C(=O)CC(C)=O)C(C)C. The third-order valence-electron chi connectivity index (χ3n) is 1.81. The van der Waals surface area contributed by atoms with E-state index < -0.39 is 0 Å². The van der Waals surface area contributed by atoms with Crippen LogP contribution in [0.3, 0.4) is 0 Å². The van der Waals surface area contributed by atoms with Crippen LogP contribution in [-0.4, -0.2) is 29.2 Å². The van der Waals surface area contributed by atoms with Crippen LogP contribution in [0, 0.1) is 0 Å². The maximum atomic E-state index is 11.5. The van der Waals surface area contributed by atoms with Crippen molar-refractivity contribution < 1.29 is 9.59 Å². The van der Waals surface area contributed by atoms with Crippen molar-refractivity contribution in [3.05, 3.63) is 0 Å². The molecule has 0 spiro atoms. The van der Waals surface area contributed by atoms with E-state index in [-0.39, 0.29) is 24.2 Å². The van der Waals surface area contributed by atoms with Gasteiger partial charge in [-0.25, -0.2) is 0 Å². The molecule has 0 saturated carbocycles. The number of rotatable bonds is 5. The number of carbonyl (C=O) groups excluding carboxylic acids is 2. The van der Waals surface area contributed by atoms with Crippen LogP contribution in [0.2, 0.25) is 0 Å². The number of hydrogen-bond donors (Lipinski definition) is 0. The Kier molecular flexibility index (Phi) is 5.35. The Hall–Kier alpha value is -0.860. The third kappa shape index (κ3) is 4.65. The van der Waals surface area contributed by atoms with Gasteiger partial charge in [-0.1, -0.05) is 6.92 Å². The van der Waals surface area contributed by atoms with E-state index in [1.807, 2.05) is 20.8 Å². The van der Waals surface area contributed by atoms with Crippen molar-refractivity contribution in [1.29, 1.82) is 0 Å². The van der Waals surface area contributed by atoms with E-state index in [1.54, 1.807) is 4.90 Å². The summed E-state index contributed by atoms with van der Waals surface area (Å²) < 4.78 is 0. The van der Waals surface area contributed by atoms with E-state index in [0.717, 1.165) is 13.0 Å². The topological polar surface area (TPSA) is 37.4 Å². The van der Waals surface area contributed by atoms with Gasteiger partial charge in [-0.2, -0.15) is 0 Å². The van der Waals surface area contributed by atoms with Gasteiger partial charge >= 0.3 is 0 Å². The van der Waals surface area contributed by atoms with Gasteiger partial charge < -0.3 is 4.90 Å². The molecule has 0 fully saturated rings. The lowest BCUT2D eigenvalue weighted by molar-refractivity contribution is -0.136. The zero-order valence-electron chi connectivity index (χ0n) is 8.96. The Balaban J connectivity index is 4.19. The Morgan fingerprint density at radius 1 is 1.31 bits per heavy atom. The lowest BCUT2D eigenvalue weighted by atomic mass is 10.2. The molecule has 0 unspecified atom stereocenters. The van der Waals surface area contributed by atoms with Crippen molar-refractivity contribution in [3.8, 4) is 0 Å². The summed E-state index contributed by atoms with van der Waals surface area (Å²) >= 11 is 0. The Morgan fingerprint density at radius 3 is 2.15 bits per heavy atom. The quantitative estimate of drug-likeness (QED) is 0.610. The first-order chi connectivity index (χ1) is 5.99. The highest BCUT2D eigenvalue weighted by molar-refractivity contribution is 5.96. The summed E-state index contributed by atoms with van der Waals surface area (Å²) in [4.78, 5) is 24.0. The second-order valence-electron chi connectivity index (χ2n) is 3.56. The molecule has 0 bridgehead atoms. The van der Waals surface area contributed by atoms with E-state index >= 15 is 0 Å². The number of ketones is 1. The fourth-order valence-corrected chi connectivity index (χ4v) is 1.23. The molecule has 0 rings (SSSR count). The van der Waals surface area contributed by atoms with Gasteiger partial charge in [-0.05, 0) is 27.2 Å². The van der Waals surface area contributed by atoms with Crippen LogP contribution < -0.4 is 0 Å². The van der Waals surface area contributed by atoms with Gasteiger partial charge in [0, 0.05) is 12.6 Å². The normalized spacial score (nSPS) is 10.2. The molecule has 0 saturated heterocycles. The average molecular weight is 185 g/mol.